The highest BCUT2D eigenvalue weighted by atomic mass is 16.1. The van der Waals surface area contributed by atoms with Crippen LogP contribution in [0.25, 0.3) is 0 Å². The van der Waals surface area contributed by atoms with Crippen LogP contribution in [0.3, 0.4) is 0 Å². The standard InChI is InChI=1S/C7H12N2O3/c1-8-7(12)3-2-6(4-10)9-5-11/h4-6H,2-3H2,1H3,(H,8,12)(H,9,11). The van der Waals surface area contributed by atoms with Gasteiger partial charge in [-0.25, -0.2) is 0 Å². The zero-order chi connectivity index (χ0) is 9.40. The molecule has 0 aliphatic rings. The molecule has 0 aliphatic carbocycles. The molecule has 1 atom stereocenters. The number of nitrogens with one attached hydrogen (secondary N) is 2. The van der Waals surface area contributed by atoms with Crippen molar-refractivity contribution in [2.45, 2.75) is 18.9 Å². The van der Waals surface area contributed by atoms with Crippen molar-refractivity contribution in [2.75, 3.05) is 7.05 Å². The molecular weight excluding hydrogens is 160 g/mol. The Labute approximate surface area is 70.5 Å². The molecule has 0 spiro atoms. The molecule has 0 aromatic heterocycles. The Hall–Kier alpha value is -1.39. The van der Waals surface area contributed by atoms with Gasteiger partial charge in [0.1, 0.15) is 6.29 Å². The average molecular weight is 172 g/mol. The molecule has 0 rings (SSSR count). The van der Waals surface area contributed by atoms with Gasteiger partial charge in [-0.15, -0.1) is 0 Å². The quantitative estimate of drug-likeness (QED) is 0.495. The number of carbonyl (C=O) groups excluding carboxylic acids is 3. The van der Waals surface area contributed by atoms with Crippen LogP contribution in [0.1, 0.15) is 12.8 Å². The van der Waals surface area contributed by atoms with E-state index in [1.807, 2.05) is 0 Å². The molecule has 0 aromatic carbocycles. The lowest BCUT2D eigenvalue weighted by atomic mass is 10.2. The van der Waals surface area contributed by atoms with Crippen molar-refractivity contribution in [3.63, 3.8) is 0 Å². The Morgan fingerprint density at radius 3 is 2.58 bits per heavy atom. The first-order chi connectivity index (χ1) is 5.74. The third-order valence-corrected chi connectivity index (χ3v) is 1.41. The Morgan fingerprint density at radius 1 is 1.50 bits per heavy atom. The lowest BCUT2D eigenvalue weighted by Crippen LogP contribution is -2.31. The molecule has 0 saturated heterocycles. The predicted octanol–water partition coefficient (Wildman–Crippen LogP) is -1.17. The Bertz CT molecular complexity index is 170. The van der Waals surface area contributed by atoms with Gasteiger partial charge in [-0.05, 0) is 6.42 Å². The molecule has 5 heteroatoms. The molecule has 0 saturated carbocycles. The zero-order valence-corrected chi connectivity index (χ0v) is 6.87. The fourth-order valence-corrected chi connectivity index (χ4v) is 0.690. The SMILES string of the molecule is CNC(=O)CCC(C=O)NC=O. The minimum Gasteiger partial charge on any atom is -0.359 e. The largest absolute Gasteiger partial charge is 0.359 e. The molecule has 0 radical (unpaired) electrons. The van der Waals surface area contributed by atoms with E-state index >= 15 is 0 Å². The maximum absolute atomic E-state index is 10.7. The minimum absolute atomic E-state index is 0.144. The molecule has 68 valence electrons. The molecular formula is C7H12N2O3. The summed E-state index contributed by atoms with van der Waals surface area (Å²) in [5, 5.41) is 4.70. The van der Waals surface area contributed by atoms with E-state index in [0.717, 1.165) is 0 Å². The molecule has 2 amide bonds. The van der Waals surface area contributed by atoms with Crippen molar-refractivity contribution in [3.05, 3.63) is 0 Å². The Balaban J connectivity index is 3.63. The summed E-state index contributed by atoms with van der Waals surface area (Å²) in [4.78, 5) is 30.9. The van der Waals surface area contributed by atoms with Crippen LogP contribution >= 0.6 is 0 Å². The summed E-state index contributed by atoms with van der Waals surface area (Å²) >= 11 is 0. The van der Waals surface area contributed by atoms with Crippen molar-refractivity contribution in [3.8, 4) is 0 Å². The molecule has 0 aromatic rings. The summed E-state index contributed by atoms with van der Waals surface area (Å²) in [6.45, 7) is 0. The average Bonchev–Trinajstić information content (AvgIpc) is 2.11. The van der Waals surface area contributed by atoms with Crippen LogP contribution in [0.4, 0.5) is 0 Å². The monoisotopic (exact) mass is 172 g/mol. The molecule has 0 bridgehead atoms. The highest BCUT2D eigenvalue weighted by Crippen LogP contribution is 1.93. The van der Waals surface area contributed by atoms with Gasteiger partial charge >= 0.3 is 0 Å². The molecule has 0 aliphatic heterocycles. The lowest BCUT2D eigenvalue weighted by molar-refractivity contribution is -0.121. The zero-order valence-electron chi connectivity index (χ0n) is 6.87. The Kier molecular flexibility index (Phi) is 5.60. The number of aldehydes is 1. The molecule has 5 nitrogen and oxygen atoms in total. The van der Waals surface area contributed by atoms with Crippen LogP contribution in [0, 0.1) is 0 Å². The van der Waals surface area contributed by atoms with Crippen molar-refractivity contribution >= 4 is 18.6 Å². The number of carbonyl (C=O) groups is 3. The number of hydrogen-bond donors (Lipinski definition) is 2. The summed E-state index contributed by atoms with van der Waals surface area (Å²) < 4.78 is 0. The molecule has 0 heterocycles. The second-order valence-electron chi connectivity index (χ2n) is 2.24. The van der Waals surface area contributed by atoms with E-state index < -0.39 is 6.04 Å². The van der Waals surface area contributed by atoms with Crippen molar-refractivity contribution in [1.29, 1.82) is 0 Å². The van der Waals surface area contributed by atoms with E-state index in [4.69, 9.17) is 0 Å². The van der Waals surface area contributed by atoms with Crippen LogP contribution in [0.5, 0.6) is 0 Å². The lowest BCUT2D eigenvalue weighted by Gasteiger charge is -2.06. The van der Waals surface area contributed by atoms with E-state index in [1.54, 1.807) is 0 Å². The van der Waals surface area contributed by atoms with E-state index in [-0.39, 0.29) is 12.3 Å². The third-order valence-electron chi connectivity index (χ3n) is 1.41. The summed E-state index contributed by atoms with van der Waals surface area (Å²) in [6.07, 6.45) is 1.63. The van der Waals surface area contributed by atoms with Crippen LogP contribution in [0.2, 0.25) is 0 Å². The van der Waals surface area contributed by atoms with Gasteiger partial charge in [0.15, 0.2) is 0 Å². The second-order valence-corrected chi connectivity index (χ2v) is 2.24. The first kappa shape index (κ1) is 10.6. The molecule has 1 unspecified atom stereocenters. The summed E-state index contributed by atoms with van der Waals surface area (Å²) in [5.74, 6) is -0.144. The maximum atomic E-state index is 10.7. The van der Waals surface area contributed by atoms with Gasteiger partial charge in [0.2, 0.25) is 12.3 Å². The van der Waals surface area contributed by atoms with Gasteiger partial charge in [-0.1, -0.05) is 0 Å². The first-order valence-electron chi connectivity index (χ1n) is 3.60. The summed E-state index contributed by atoms with van der Waals surface area (Å²) in [5.41, 5.74) is 0. The number of hydrogen-bond acceptors (Lipinski definition) is 3. The molecule has 12 heavy (non-hydrogen) atoms. The second kappa shape index (κ2) is 6.33. The van der Waals surface area contributed by atoms with Crippen LogP contribution < -0.4 is 10.6 Å². The van der Waals surface area contributed by atoms with Crippen molar-refractivity contribution in [2.24, 2.45) is 0 Å². The van der Waals surface area contributed by atoms with Crippen LogP contribution in [-0.2, 0) is 14.4 Å². The molecule has 2 N–H and O–H groups in total. The highest BCUT2D eigenvalue weighted by molar-refractivity contribution is 5.76. The van der Waals surface area contributed by atoms with Crippen molar-refractivity contribution in [1.82, 2.24) is 10.6 Å². The van der Waals surface area contributed by atoms with Gasteiger partial charge < -0.3 is 15.4 Å². The number of amides is 2. The summed E-state index contributed by atoms with van der Waals surface area (Å²) in [7, 11) is 1.52. The summed E-state index contributed by atoms with van der Waals surface area (Å²) in [6, 6.07) is -0.556. The van der Waals surface area contributed by atoms with E-state index in [9.17, 15) is 14.4 Å². The van der Waals surface area contributed by atoms with Crippen molar-refractivity contribution < 1.29 is 14.4 Å². The third kappa shape index (κ3) is 4.43. The predicted molar refractivity (Wildman–Crippen MR) is 42.4 cm³/mol. The van der Waals surface area contributed by atoms with Gasteiger partial charge in [0.05, 0.1) is 6.04 Å². The Morgan fingerprint density at radius 2 is 2.17 bits per heavy atom. The van der Waals surface area contributed by atoms with Crippen LogP contribution in [0.15, 0.2) is 0 Å². The normalized spacial score (nSPS) is 11.4. The highest BCUT2D eigenvalue weighted by Gasteiger charge is 2.07. The van der Waals surface area contributed by atoms with Gasteiger partial charge in [-0.2, -0.15) is 0 Å². The topological polar surface area (TPSA) is 75.3 Å². The maximum Gasteiger partial charge on any atom is 0.219 e. The smallest absolute Gasteiger partial charge is 0.219 e. The fourth-order valence-electron chi connectivity index (χ4n) is 0.690. The minimum atomic E-state index is -0.556. The van der Waals surface area contributed by atoms with E-state index in [1.165, 1.54) is 7.05 Å². The number of rotatable bonds is 6. The molecule has 0 fully saturated rings. The van der Waals surface area contributed by atoms with Crippen LogP contribution in [-0.4, -0.2) is 31.7 Å². The van der Waals surface area contributed by atoms with Gasteiger partial charge in [0, 0.05) is 13.5 Å². The first-order valence-corrected chi connectivity index (χ1v) is 3.60. The van der Waals surface area contributed by atoms with Gasteiger partial charge in [-0.3, -0.25) is 9.59 Å². The van der Waals surface area contributed by atoms with Gasteiger partial charge in [0.25, 0.3) is 0 Å². The fraction of sp³-hybridized carbons (Fsp3) is 0.571. The van der Waals surface area contributed by atoms with E-state index in [0.29, 0.717) is 19.1 Å². The van der Waals surface area contributed by atoms with E-state index in [2.05, 4.69) is 10.6 Å².